The molecule has 0 amide bonds. The quantitative estimate of drug-likeness (QED) is 0.769. The van der Waals surface area contributed by atoms with Gasteiger partial charge in [0.2, 0.25) is 0 Å². The van der Waals surface area contributed by atoms with Crippen molar-refractivity contribution in [2.45, 2.75) is 30.8 Å². The van der Waals surface area contributed by atoms with Gasteiger partial charge in [-0.1, -0.05) is 41.1 Å². The van der Waals surface area contributed by atoms with Gasteiger partial charge >= 0.3 is 6.18 Å². The molecule has 0 aliphatic heterocycles. The van der Waals surface area contributed by atoms with Crippen LogP contribution < -0.4 is 0 Å². The van der Waals surface area contributed by atoms with Gasteiger partial charge in [-0.25, -0.2) is 0 Å². The summed E-state index contributed by atoms with van der Waals surface area (Å²) in [5.41, 5.74) is -0.531. The Bertz CT molecular complexity index is 401. The molecule has 1 rings (SSSR count). The van der Waals surface area contributed by atoms with Crippen LogP contribution in [0.5, 0.6) is 0 Å². The molecule has 5 heteroatoms. The lowest BCUT2D eigenvalue weighted by molar-refractivity contribution is -0.138. The first-order chi connectivity index (χ1) is 7.86. The van der Waals surface area contributed by atoms with Gasteiger partial charge in [0.25, 0.3) is 0 Å². The molecule has 0 heterocycles. The Morgan fingerprint density at radius 2 is 1.94 bits per heavy atom. The summed E-state index contributed by atoms with van der Waals surface area (Å²) in [5, 5.41) is 0. The number of hydrogen-bond acceptors (Lipinski definition) is 1. The Hall–Kier alpha value is -0.840. The second-order valence-corrected chi connectivity index (χ2v) is 4.75. The average molecular weight is 309 g/mol. The van der Waals surface area contributed by atoms with Gasteiger partial charge in [0.05, 0.1) is 10.4 Å². The minimum atomic E-state index is -4.38. The zero-order chi connectivity index (χ0) is 13.1. The Morgan fingerprint density at radius 3 is 2.47 bits per heavy atom. The molecule has 0 radical (unpaired) electrons. The van der Waals surface area contributed by atoms with Crippen molar-refractivity contribution >= 4 is 21.7 Å². The monoisotopic (exact) mass is 308 g/mol. The number of benzene rings is 1. The van der Waals surface area contributed by atoms with E-state index in [9.17, 15) is 18.0 Å². The van der Waals surface area contributed by atoms with Crippen LogP contribution in [0.3, 0.4) is 0 Å². The van der Waals surface area contributed by atoms with Crippen LogP contribution in [-0.2, 0) is 17.4 Å². The van der Waals surface area contributed by atoms with Crippen LogP contribution in [0.1, 0.15) is 24.5 Å². The second kappa shape index (κ2) is 5.67. The van der Waals surface area contributed by atoms with Gasteiger partial charge in [0.1, 0.15) is 5.78 Å². The predicted octanol–water partition coefficient (Wildman–Crippen LogP) is 3.99. The molecule has 1 nitrogen and oxygen atoms in total. The average Bonchev–Trinajstić information content (AvgIpc) is 2.27. The van der Waals surface area contributed by atoms with E-state index in [2.05, 4.69) is 15.9 Å². The van der Waals surface area contributed by atoms with E-state index in [0.29, 0.717) is 6.42 Å². The molecule has 1 aromatic carbocycles. The molecule has 1 aromatic rings. The minimum absolute atomic E-state index is 0.0579. The summed E-state index contributed by atoms with van der Waals surface area (Å²) in [6.45, 7) is 1.69. The topological polar surface area (TPSA) is 17.1 Å². The van der Waals surface area contributed by atoms with Gasteiger partial charge in [-0.2, -0.15) is 13.2 Å². The fraction of sp³-hybridized carbons (Fsp3) is 0.417. The first kappa shape index (κ1) is 14.2. The molecule has 1 atom stereocenters. The van der Waals surface area contributed by atoms with Crippen LogP contribution in [0.4, 0.5) is 13.2 Å². The van der Waals surface area contributed by atoms with E-state index in [1.54, 1.807) is 13.0 Å². The Morgan fingerprint density at radius 1 is 1.35 bits per heavy atom. The van der Waals surface area contributed by atoms with Crippen LogP contribution in [0.2, 0.25) is 0 Å². The lowest BCUT2D eigenvalue weighted by atomic mass is 10.0. The lowest BCUT2D eigenvalue weighted by Crippen LogP contribution is -2.18. The largest absolute Gasteiger partial charge is 0.416 e. The number of rotatable bonds is 4. The number of carbonyl (C=O) groups excluding carboxylic acids is 1. The van der Waals surface area contributed by atoms with E-state index >= 15 is 0 Å². The molecule has 0 aliphatic rings. The fourth-order valence-electron chi connectivity index (χ4n) is 1.50. The maximum absolute atomic E-state index is 12.7. The van der Waals surface area contributed by atoms with Crippen molar-refractivity contribution in [1.29, 1.82) is 0 Å². The number of ketones is 1. The summed E-state index contributed by atoms with van der Waals surface area (Å²) in [4.78, 5) is 10.8. The fourth-order valence-corrected chi connectivity index (χ4v) is 2.18. The lowest BCUT2D eigenvalue weighted by Gasteiger charge is -2.14. The third-order valence-corrected chi connectivity index (χ3v) is 3.25. The van der Waals surface area contributed by atoms with Crippen LogP contribution in [0.25, 0.3) is 0 Å². The highest BCUT2D eigenvalue weighted by Crippen LogP contribution is 2.32. The van der Waals surface area contributed by atoms with Crippen LogP contribution in [0, 0.1) is 0 Å². The molecule has 0 aliphatic carbocycles. The number of halogens is 4. The van der Waals surface area contributed by atoms with Gasteiger partial charge in [0, 0.05) is 6.42 Å². The van der Waals surface area contributed by atoms with Crippen LogP contribution in [0.15, 0.2) is 24.3 Å². The molecule has 0 saturated carbocycles. The summed E-state index contributed by atoms with van der Waals surface area (Å²) in [5.74, 6) is -0.0954. The van der Waals surface area contributed by atoms with Crippen molar-refractivity contribution in [3.8, 4) is 0 Å². The molecule has 1 unspecified atom stereocenters. The Kier molecular flexibility index (Phi) is 4.74. The second-order valence-electron chi connectivity index (χ2n) is 3.65. The predicted molar refractivity (Wildman–Crippen MR) is 63.2 cm³/mol. The Balaban J connectivity index is 2.95. The third kappa shape index (κ3) is 3.84. The molecular weight excluding hydrogens is 297 g/mol. The van der Waals surface area contributed by atoms with Gasteiger partial charge in [0.15, 0.2) is 0 Å². The summed E-state index contributed by atoms with van der Waals surface area (Å²) in [6, 6.07) is 5.32. The summed E-state index contributed by atoms with van der Waals surface area (Å²) in [6.07, 6.45) is -4.01. The van der Waals surface area contributed by atoms with Gasteiger partial charge < -0.3 is 0 Å². The van der Waals surface area contributed by atoms with E-state index in [1.807, 2.05) is 0 Å². The normalized spacial score (nSPS) is 13.5. The third-order valence-electron chi connectivity index (χ3n) is 2.42. The highest BCUT2D eigenvalue weighted by molar-refractivity contribution is 9.10. The summed E-state index contributed by atoms with van der Waals surface area (Å²) < 4.78 is 38.0. The maximum Gasteiger partial charge on any atom is 0.416 e. The zero-order valence-corrected chi connectivity index (χ0v) is 10.8. The number of hydrogen-bond donors (Lipinski definition) is 0. The maximum atomic E-state index is 12.7. The van der Waals surface area contributed by atoms with E-state index in [4.69, 9.17) is 0 Å². The van der Waals surface area contributed by atoms with Gasteiger partial charge in [-0.3, -0.25) is 4.79 Å². The van der Waals surface area contributed by atoms with Crippen molar-refractivity contribution in [2.24, 2.45) is 0 Å². The highest BCUT2D eigenvalue weighted by atomic mass is 79.9. The Labute approximate surface area is 106 Å². The van der Waals surface area contributed by atoms with Gasteiger partial charge in [-0.05, 0) is 18.1 Å². The SMILES string of the molecule is CCC(=O)C(Br)Cc1ccccc1C(F)(F)F. The standard InChI is InChI=1S/C12H12BrF3O/c1-2-11(17)10(13)7-8-5-3-4-6-9(8)12(14,15)16/h3-6,10H,2,7H2,1H3. The molecule has 0 N–H and O–H groups in total. The molecule has 17 heavy (non-hydrogen) atoms. The molecular formula is C12H12BrF3O. The van der Waals surface area contributed by atoms with Crippen molar-refractivity contribution in [3.05, 3.63) is 35.4 Å². The van der Waals surface area contributed by atoms with Crippen molar-refractivity contribution in [3.63, 3.8) is 0 Å². The zero-order valence-electron chi connectivity index (χ0n) is 9.22. The van der Waals surface area contributed by atoms with E-state index in [-0.39, 0.29) is 17.8 Å². The highest BCUT2D eigenvalue weighted by Gasteiger charge is 2.33. The number of carbonyl (C=O) groups is 1. The first-order valence-electron chi connectivity index (χ1n) is 5.18. The summed E-state index contributed by atoms with van der Waals surface area (Å²) >= 11 is 3.12. The molecule has 0 fully saturated rings. The molecule has 0 saturated heterocycles. The van der Waals surface area contributed by atoms with Crippen LogP contribution in [-0.4, -0.2) is 10.6 Å². The van der Waals surface area contributed by atoms with Crippen molar-refractivity contribution in [1.82, 2.24) is 0 Å². The van der Waals surface area contributed by atoms with E-state index < -0.39 is 16.6 Å². The molecule has 0 bridgehead atoms. The smallest absolute Gasteiger partial charge is 0.298 e. The van der Waals surface area contributed by atoms with Crippen molar-refractivity contribution < 1.29 is 18.0 Å². The summed E-state index contributed by atoms with van der Waals surface area (Å²) in [7, 11) is 0. The molecule has 0 spiro atoms. The van der Waals surface area contributed by atoms with E-state index in [1.165, 1.54) is 12.1 Å². The molecule has 94 valence electrons. The van der Waals surface area contributed by atoms with Gasteiger partial charge in [-0.15, -0.1) is 0 Å². The van der Waals surface area contributed by atoms with Crippen molar-refractivity contribution in [2.75, 3.05) is 0 Å². The molecule has 0 aromatic heterocycles. The first-order valence-corrected chi connectivity index (χ1v) is 6.09. The van der Waals surface area contributed by atoms with Crippen LogP contribution >= 0.6 is 15.9 Å². The van der Waals surface area contributed by atoms with E-state index in [0.717, 1.165) is 6.07 Å². The number of alkyl halides is 4. The minimum Gasteiger partial charge on any atom is -0.298 e. The number of Topliss-reactive ketones (excluding diaryl/α,β-unsaturated/α-hetero) is 1.